The highest BCUT2D eigenvalue weighted by Crippen LogP contribution is 2.31. The molecule has 6 nitrogen and oxygen atoms in total. The number of benzene rings is 1. The fourth-order valence-corrected chi connectivity index (χ4v) is 5.02. The Morgan fingerprint density at radius 3 is 2.89 bits per heavy atom. The van der Waals surface area contributed by atoms with Crippen molar-refractivity contribution in [3.63, 3.8) is 0 Å². The second-order valence-corrected chi connectivity index (χ2v) is 8.68. The number of nitrogens with zero attached hydrogens (tertiary/aromatic N) is 3. The van der Waals surface area contributed by atoms with Crippen LogP contribution in [0.5, 0.6) is 0 Å². The standard InChI is InChI=1S/C20H25ClN4O2/c21-16-3-4-17-18(7-16)27-20(23-17)24-5-1-2-13(10-24)6-19(26)25-11-14-8-22-9-15(14)12-25/h3-4,7,13-15,22H,1-2,5-6,8-12H2/t13?,14-,15+. The van der Waals surface area contributed by atoms with Crippen LogP contribution in [-0.2, 0) is 4.79 Å². The number of amides is 1. The van der Waals surface area contributed by atoms with Gasteiger partial charge in [-0.2, -0.15) is 4.98 Å². The number of nitrogens with one attached hydrogen (secondary N) is 1. The van der Waals surface area contributed by atoms with Crippen molar-refractivity contribution in [2.24, 2.45) is 17.8 Å². The first kappa shape index (κ1) is 17.3. The molecule has 0 radical (unpaired) electrons. The van der Waals surface area contributed by atoms with E-state index in [0.29, 0.717) is 46.7 Å². The summed E-state index contributed by atoms with van der Waals surface area (Å²) in [6.07, 6.45) is 2.79. The van der Waals surface area contributed by atoms with Crippen LogP contribution in [0.4, 0.5) is 6.01 Å². The minimum Gasteiger partial charge on any atom is -0.423 e. The summed E-state index contributed by atoms with van der Waals surface area (Å²) in [6.45, 7) is 5.73. The number of anilines is 1. The highest BCUT2D eigenvalue weighted by molar-refractivity contribution is 6.31. The number of halogens is 1. The fourth-order valence-electron chi connectivity index (χ4n) is 4.86. The lowest BCUT2D eigenvalue weighted by molar-refractivity contribution is -0.131. The van der Waals surface area contributed by atoms with Crippen LogP contribution in [0.15, 0.2) is 22.6 Å². The van der Waals surface area contributed by atoms with Crippen LogP contribution in [0.3, 0.4) is 0 Å². The number of hydrogen-bond donors (Lipinski definition) is 1. The summed E-state index contributed by atoms with van der Waals surface area (Å²) in [6, 6.07) is 6.16. The number of piperidine rings is 1. The molecule has 1 N–H and O–H groups in total. The Morgan fingerprint density at radius 1 is 1.26 bits per heavy atom. The van der Waals surface area contributed by atoms with Crippen molar-refractivity contribution in [1.29, 1.82) is 0 Å². The minimum absolute atomic E-state index is 0.320. The summed E-state index contributed by atoms with van der Waals surface area (Å²) >= 11 is 6.04. The molecule has 3 atom stereocenters. The number of aromatic nitrogens is 1. The molecule has 4 heterocycles. The van der Waals surface area contributed by atoms with E-state index in [0.717, 1.165) is 57.6 Å². The van der Waals surface area contributed by atoms with Crippen LogP contribution in [-0.4, -0.2) is 55.1 Å². The molecule has 3 saturated heterocycles. The number of rotatable bonds is 3. The highest BCUT2D eigenvalue weighted by Gasteiger charge is 2.38. The molecule has 0 aliphatic carbocycles. The first-order valence-electron chi connectivity index (χ1n) is 9.95. The Morgan fingerprint density at radius 2 is 2.07 bits per heavy atom. The van der Waals surface area contributed by atoms with Gasteiger partial charge in [-0.25, -0.2) is 0 Å². The Hall–Kier alpha value is -1.79. The summed E-state index contributed by atoms with van der Waals surface area (Å²) in [5, 5.41) is 4.08. The van der Waals surface area contributed by atoms with Crippen LogP contribution in [0.2, 0.25) is 5.02 Å². The number of likely N-dealkylation sites (tertiary alicyclic amines) is 1. The molecule has 7 heteroatoms. The maximum absolute atomic E-state index is 12.8. The number of hydrogen-bond acceptors (Lipinski definition) is 5. The predicted molar refractivity (Wildman–Crippen MR) is 105 cm³/mol. The third-order valence-corrected chi connectivity index (χ3v) is 6.57. The number of oxazole rings is 1. The zero-order chi connectivity index (χ0) is 18.4. The van der Waals surface area contributed by atoms with E-state index in [1.54, 1.807) is 6.07 Å². The molecular weight excluding hydrogens is 364 g/mol. The molecule has 0 saturated carbocycles. The lowest BCUT2D eigenvalue weighted by Crippen LogP contribution is -2.39. The SMILES string of the molecule is O=C(CC1CCCN(c2nc3ccc(Cl)cc3o2)C1)N1C[C@H]2CNC[C@H]2C1. The molecular formula is C20H25ClN4O2. The zero-order valence-corrected chi connectivity index (χ0v) is 16.1. The van der Waals surface area contributed by atoms with Gasteiger partial charge in [-0.05, 0) is 42.7 Å². The molecule has 144 valence electrons. The number of carbonyl (C=O) groups is 1. The Labute approximate surface area is 163 Å². The molecule has 2 aromatic rings. The molecule has 27 heavy (non-hydrogen) atoms. The van der Waals surface area contributed by atoms with Gasteiger partial charge in [-0.15, -0.1) is 0 Å². The smallest absolute Gasteiger partial charge is 0.298 e. The van der Waals surface area contributed by atoms with E-state index in [-0.39, 0.29) is 0 Å². The third-order valence-electron chi connectivity index (χ3n) is 6.33. The highest BCUT2D eigenvalue weighted by atomic mass is 35.5. The Kier molecular flexibility index (Phi) is 4.48. The van der Waals surface area contributed by atoms with Crippen molar-refractivity contribution < 1.29 is 9.21 Å². The monoisotopic (exact) mass is 388 g/mol. The normalized spacial score (nSPS) is 28.1. The Balaban J connectivity index is 1.23. The molecule has 3 aliphatic rings. The largest absolute Gasteiger partial charge is 0.423 e. The maximum Gasteiger partial charge on any atom is 0.298 e. The van der Waals surface area contributed by atoms with Gasteiger partial charge >= 0.3 is 0 Å². The van der Waals surface area contributed by atoms with Crippen LogP contribution in [0.25, 0.3) is 11.1 Å². The molecule has 1 amide bonds. The van der Waals surface area contributed by atoms with Gasteiger partial charge in [0.05, 0.1) is 0 Å². The second-order valence-electron chi connectivity index (χ2n) is 8.24. The Bertz CT molecular complexity index is 842. The first-order valence-corrected chi connectivity index (χ1v) is 10.3. The van der Waals surface area contributed by atoms with E-state index >= 15 is 0 Å². The second kappa shape index (κ2) is 6.99. The quantitative estimate of drug-likeness (QED) is 0.876. The maximum atomic E-state index is 12.8. The molecule has 1 unspecified atom stereocenters. The van der Waals surface area contributed by atoms with E-state index in [2.05, 4.69) is 20.1 Å². The van der Waals surface area contributed by atoms with E-state index in [9.17, 15) is 4.79 Å². The third kappa shape index (κ3) is 3.41. The van der Waals surface area contributed by atoms with Crippen molar-refractivity contribution in [2.75, 3.05) is 44.2 Å². The van der Waals surface area contributed by atoms with Crippen LogP contribution < -0.4 is 10.2 Å². The topological polar surface area (TPSA) is 61.6 Å². The van der Waals surface area contributed by atoms with Gasteiger partial charge in [0.25, 0.3) is 6.01 Å². The van der Waals surface area contributed by atoms with Crippen molar-refractivity contribution in [1.82, 2.24) is 15.2 Å². The van der Waals surface area contributed by atoms with Crippen LogP contribution >= 0.6 is 11.6 Å². The summed E-state index contributed by atoms with van der Waals surface area (Å²) < 4.78 is 5.92. The average Bonchev–Trinajstić information content (AvgIpc) is 3.35. The first-order chi connectivity index (χ1) is 13.2. The van der Waals surface area contributed by atoms with Crippen molar-refractivity contribution in [3.8, 4) is 0 Å². The van der Waals surface area contributed by atoms with Gasteiger partial charge in [0.15, 0.2) is 5.58 Å². The van der Waals surface area contributed by atoms with Crippen molar-refractivity contribution >= 4 is 34.6 Å². The number of carbonyl (C=O) groups excluding carboxylic acids is 1. The molecule has 0 bridgehead atoms. The van der Waals surface area contributed by atoms with E-state index in [1.807, 2.05) is 12.1 Å². The molecule has 3 fully saturated rings. The lowest BCUT2D eigenvalue weighted by Gasteiger charge is -2.32. The van der Waals surface area contributed by atoms with Gasteiger partial charge in [-0.3, -0.25) is 4.79 Å². The predicted octanol–water partition coefficient (Wildman–Crippen LogP) is 2.77. The summed E-state index contributed by atoms with van der Waals surface area (Å²) in [5.74, 6) is 2.00. The molecule has 1 aromatic carbocycles. The van der Waals surface area contributed by atoms with E-state index < -0.39 is 0 Å². The molecule has 1 aromatic heterocycles. The van der Waals surface area contributed by atoms with E-state index in [1.165, 1.54) is 0 Å². The average molecular weight is 389 g/mol. The van der Waals surface area contributed by atoms with Crippen LogP contribution in [0.1, 0.15) is 19.3 Å². The molecule has 0 spiro atoms. The van der Waals surface area contributed by atoms with Crippen molar-refractivity contribution in [2.45, 2.75) is 19.3 Å². The van der Waals surface area contributed by atoms with E-state index in [4.69, 9.17) is 16.0 Å². The van der Waals surface area contributed by atoms with Gasteiger partial charge < -0.3 is 19.5 Å². The molecule has 3 aliphatic heterocycles. The molecule has 5 rings (SSSR count). The lowest BCUT2D eigenvalue weighted by atomic mass is 9.94. The van der Waals surface area contributed by atoms with Gasteiger partial charge in [0.2, 0.25) is 5.91 Å². The van der Waals surface area contributed by atoms with Gasteiger partial charge in [0.1, 0.15) is 5.52 Å². The number of fused-ring (bicyclic) bond motifs is 2. The van der Waals surface area contributed by atoms with Gasteiger partial charge in [0, 0.05) is 56.8 Å². The minimum atomic E-state index is 0.320. The van der Waals surface area contributed by atoms with Crippen LogP contribution in [0, 0.1) is 17.8 Å². The van der Waals surface area contributed by atoms with Crippen molar-refractivity contribution in [3.05, 3.63) is 23.2 Å². The summed E-state index contributed by atoms with van der Waals surface area (Å²) in [4.78, 5) is 21.7. The fraction of sp³-hybridized carbons (Fsp3) is 0.600. The zero-order valence-electron chi connectivity index (χ0n) is 15.4. The van der Waals surface area contributed by atoms with Gasteiger partial charge in [-0.1, -0.05) is 11.6 Å². The summed E-state index contributed by atoms with van der Waals surface area (Å²) in [5.41, 5.74) is 1.54. The summed E-state index contributed by atoms with van der Waals surface area (Å²) in [7, 11) is 0.